The molecule has 0 amide bonds. The summed E-state index contributed by atoms with van der Waals surface area (Å²) in [4.78, 5) is 19.1. The summed E-state index contributed by atoms with van der Waals surface area (Å²) in [5.41, 5.74) is 4.16. The Morgan fingerprint density at radius 3 is 2.50 bits per heavy atom. The number of aliphatic imine (C=N–C) groups is 1. The average Bonchev–Trinajstić information content (AvgIpc) is 2.70. The Morgan fingerprint density at radius 2 is 1.86 bits per heavy atom. The second kappa shape index (κ2) is 10.5. The Kier molecular flexibility index (Phi) is 8.05. The van der Waals surface area contributed by atoms with Gasteiger partial charge in [0, 0.05) is 13.6 Å². The minimum Gasteiger partial charge on any atom is -0.491 e. The van der Waals surface area contributed by atoms with Gasteiger partial charge in [0.05, 0.1) is 18.5 Å². The number of hydrogen-bond donors (Lipinski definition) is 0. The maximum Gasteiger partial charge on any atom is 0.338 e. The van der Waals surface area contributed by atoms with Crippen molar-refractivity contribution in [2.24, 2.45) is 4.99 Å². The third-order valence-corrected chi connectivity index (χ3v) is 4.37. The highest BCUT2D eigenvalue weighted by atomic mass is 16.5. The number of benzene rings is 2. The Balaban J connectivity index is 2.21. The summed E-state index contributed by atoms with van der Waals surface area (Å²) in [5, 5.41) is 0. The van der Waals surface area contributed by atoms with E-state index in [2.05, 4.69) is 11.9 Å². The maximum atomic E-state index is 12.6. The molecule has 0 aliphatic rings. The molecular formula is C23H30N2O3. The van der Waals surface area contributed by atoms with Crippen molar-refractivity contribution in [1.29, 1.82) is 0 Å². The van der Waals surface area contributed by atoms with Crippen molar-refractivity contribution in [3.05, 3.63) is 58.7 Å². The first-order chi connectivity index (χ1) is 13.4. The number of carbonyl (C=O) groups is 1. The molecule has 0 spiro atoms. The molecule has 0 saturated carbocycles. The molecule has 0 aliphatic heterocycles. The summed E-state index contributed by atoms with van der Waals surface area (Å²) in [5.74, 6) is 0.233. The van der Waals surface area contributed by atoms with Crippen molar-refractivity contribution in [2.45, 2.75) is 40.7 Å². The minimum atomic E-state index is -0.361. The van der Waals surface area contributed by atoms with Gasteiger partial charge in [0.2, 0.25) is 0 Å². The maximum absolute atomic E-state index is 12.6. The number of ether oxygens (including phenoxy) is 2. The molecule has 150 valence electrons. The van der Waals surface area contributed by atoms with Crippen LogP contribution in [0.2, 0.25) is 0 Å². The number of nitrogens with zero attached hydrogens (tertiary/aromatic N) is 2. The standard InChI is InChI=1S/C23H30N2O3/c1-6-12-27-22-14-20(18(4)13-21(22)24-16-25(5)7-2)23(26)28-15-19-10-8-17(3)9-11-19/h8-11,13-14,16H,6-7,12,15H2,1-5H3. The zero-order chi connectivity index (χ0) is 20.5. The molecule has 28 heavy (non-hydrogen) atoms. The van der Waals surface area contributed by atoms with E-state index in [4.69, 9.17) is 9.47 Å². The lowest BCUT2D eigenvalue weighted by Crippen LogP contribution is -2.14. The summed E-state index contributed by atoms with van der Waals surface area (Å²) >= 11 is 0. The van der Waals surface area contributed by atoms with Crippen molar-refractivity contribution in [3.8, 4) is 5.75 Å². The zero-order valence-electron chi connectivity index (χ0n) is 17.5. The molecule has 0 bridgehead atoms. The van der Waals surface area contributed by atoms with Gasteiger partial charge >= 0.3 is 5.97 Å². The zero-order valence-corrected chi connectivity index (χ0v) is 17.5. The molecule has 2 rings (SSSR count). The predicted molar refractivity (Wildman–Crippen MR) is 114 cm³/mol. The van der Waals surface area contributed by atoms with Gasteiger partial charge in [-0.1, -0.05) is 36.8 Å². The van der Waals surface area contributed by atoms with E-state index in [0.717, 1.165) is 24.1 Å². The Morgan fingerprint density at radius 1 is 1.14 bits per heavy atom. The Hall–Kier alpha value is -2.82. The molecule has 0 unspecified atom stereocenters. The summed E-state index contributed by atoms with van der Waals surface area (Å²) in [6.07, 6.45) is 2.64. The molecule has 2 aromatic rings. The molecule has 0 radical (unpaired) electrons. The number of carbonyl (C=O) groups excluding carboxylic acids is 1. The van der Waals surface area contributed by atoms with Crippen LogP contribution in [0.1, 0.15) is 47.3 Å². The highest BCUT2D eigenvalue weighted by molar-refractivity contribution is 5.92. The molecule has 5 nitrogen and oxygen atoms in total. The molecule has 0 heterocycles. The SMILES string of the molecule is CCCOc1cc(C(=O)OCc2ccc(C)cc2)c(C)cc1N=CN(C)CC. The number of esters is 1. The number of hydrogen-bond acceptors (Lipinski definition) is 4. The third kappa shape index (κ3) is 6.12. The first-order valence-corrected chi connectivity index (χ1v) is 9.69. The summed E-state index contributed by atoms with van der Waals surface area (Å²) in [6, 6.07) is 11.5. The average molecular weight is 383 g/mol. The largest absolute Gasteiger partial charge is 0.491 e. The van der Waals surface area contributed by atoms with Gasteiger partial charge < -0.3 is 14.4 Å². The predicted octanol–water partition coefficient (Wildman–Crippen LogP) is 5.06. The van der Waals surface area contributed by atoms with Crippen molar-refractivity contribution in [2.75, 3.05) is 20.2 Å². The lowest BCUT2D eigenvalue weighted by atomic mass is 10.1. The quantitative estimate of drug-likeness (QED) is 0.345. The van der Waals surface area contributed by atoms with E-state index in [9.17, 15) is 4.79 Å². The fraction of sp³-hybridized carbons (Fsp3) is 0.391. The summed E-state index contributed by atoms with van der Waals surface area (Å²) < 4.78 is 11.3. The van der Waals surface area contributed by atoms with Gasteiger partial charge in [0.1, 0.15) is 18.0 Å². The lowest BCUT2D eigenvalue weighted by molar-refractivity contribution is 0.0471. The van der Waals surface area contributed by atoms with Crippen LogP contribution in [0.4, 0.5) is 5.69 Å². The third-order valence-electron chi connectivity index (χ3n) is 4.37. The van der Waals surface area contributed by atoms with Crippen LogP contribution < -0.4 is 4.74 Å². The number of rotatable bonds is 9. The first-order valence-electron chi connectivity index (χ1n) is 9.69. The van der Waals surface area contributed by atoms with Crippen LogP contribution in [-0.4, -0.2) is 37.4 Å². The van der Waals surface area contributed by atoms with Crippen LogP contribution in [0.5, 0.6) is 5.75 Å². The monoisotopic (exact) mass is 382 g/mol. The molecule has 0 atom stereocenters. The summed E-state index contributed by atoms with van der Waals surface area (Å²) in [6.45, 7) is 9.67. The molecule has 0 aromatic heterocycles. The van der Waals surface area contributed by atoms with Gasteiger partial charge in [-0.2, -0.15) is 0 Å². The molecule has 0 aliphatic carbocycles. The molecule has 0 saturated heterocycles. The second-order valence-electron chi connectivity index (χ2n) is 6.86. The van der Waals surface area contributed by atoms with Crippen LogP contribution in [0.3, 0.4) is 0 Å². The molecule has 0 N–H and O–H groups in total. The van der Waals surface area contributed by atoms with Crippen LogP contribution in [0, 0.1) is 13.8 Å². The van der Waals surface area contributed by atoms with Crippen molar-refractivity contribution in [3.63, 3.8) is 0 Å². The number of aryl methyl sites for hydroxylation is 2. The van der Waals surface area contributed by atoms with E-state index < -0.39 is 0 Å². The van der Waals surface area contributed by atoms with Crippen LogP contribution in [0.15, 0.2) is 41.4 Å². The molecule has 2 aromatic carbocycles. The van der Waals surface area contributed by atoms with Crippen molar-refractivity contribution >= 4 is 18.0 Å². The van der Waals surface area contributed by atoms with E-state index in [1.54, 1.807) is 12.4 Å². The summed E-state index contributed by atoms with van der Waals surface area (Å²) in [7, 11) is 1.96. The van der Waals surface area contributed by atoms with Gasteiger partial charge in [-0.3, -0.25) is 0 Å². The smallest absolute Gasteiger partial charge is 0.338 e. The topological polar surface area (TPSA) is 51.1 Å². The second-order valence-corrected chi connectivity index (χ2v) is 6.86. The van der Waals surface area contributed by atoms with Gasteiger partial charge in [-0.05, 0) is 50.5 Å². The van der Waals surface area contributed by atoms with E-state index in [0.29, 0.717) is 23.6 Å². The highest BCUT2D eigenvalue weighted by Crippen LogP contribution is 2.31. The van der Waals surface area contributed by atoms with E-state index in [-0.39, 0.29) is 12.6 Å². The fourth-order valence-electron chi connectivity index (χ4n) is 2.47. The van der Waals surface area contributed by atoms with E-state index in [1.165, 1.54) is 5.56 Å². The minimum absolute atomic E-state index is 0.241. The fourth-order valence-corrected chi connectivity index (χ4v) is 2.47. The molecule has 5 heteroatoms. The Bertz CT molecular complexity index is 813. The van der Waals surface area contributed by atoms with Crippen LogP contribution in [-0.2, 0) is 11.3 Å². The molecular weight excluding hydrogens is 352 g/mol. The van der Waals surface area contributed by atoms with Gasteiger partial charge in [-0.25, -0.2) is 9.79 Å². The van der Waals surface area contributed by atoms with Gasteiger partial charge in [0.15, 0.2) is 0 Å². The van der Waals surface area contributed by atoms with Gasteiger partial charge in [-0.15, -0.1) is 0 Å². The van der Waals surface area contributed by atoms with Crippen LogP contribution in [0.25, 0.3) is 0 Å². The lowest BCUT2D eigenvalue weighted by Gasteiger charge is -2.14. The van der Waals surface area contributed by atoms with Crippen molar-refractivity contribution in [1.82, 2.24) is 4.90 Å². The highest BCUT2D eigenvalue weighted by Gasteiger charge is 2.16. The Labute approximate surface area is 168 Å². The van der Waals surface area contributed by atoms with Crippen molar-refractivity contribution < 1.29 is 14.3 Å². The van der Waals surface area contributed by atoms with Gasteiger partial charge in [0.25, 0.3) is 0 Å². The van der Waals surface area contributed by atoms with E-state index >= 15 is 0 Å². The normalized spacial score (nSPS) is 10.9. The first kappa shape index (κ1) is 21.5. The van der Waals surface area contributed by atoms with Crippen LogP contribution >= 0.6 is 0 Å². The van der Waals surface area contributed by atoms with E-state index in [1.807, 2.05) is 63.1 Å². The molecule has 0 fully saturated rings.